The number of benzene rings is 5. The summed E-state index contributed by atoms with van der Waals surface area (Å²) in [6.07, 6.45) is 3.11. The number of halogens is 3. The first-order valence-corrected chi connectivity index (χ1v) is 47.8. The summed E-state index contributed by atoms with van der Waals surface area (Å²) in [4.78, 5) is 70.3. The maximum Gasteiger partial charge on any atom is 0.367 e. The van der Waals surface area contributed by atoms with Crippen LogP contribution in [0.25, 0.3) is 32.7 Å². The summed E-state index contributed by atoms with van der Waals surface area (Å²) in [5, 5.41) is 29.4. The first-order chi connectivity index (χ1) is 54.9. The molecular weight excluding hydrogens is 1730 g/mol. The van der Waals surface area contributed by atoms with Crippen LogP contribution in [0.4, 0.5) is 0 Å². The molecule has 0 unspecified atom stereocenters. The van der Waals surface area contributed by atoms with Gasteiger partial charge in [0.05, 0.1) is 91.3 Å². The second-order valence-corrected chi connectivity index (χ2v) is 39.8. The van der Waals surface area contributed by atoms with Crippen LogP contribution in [0.2, 0.25) is 10.0 Å². The van der Waals surface area contributed by atoms with Crippen molar-refractivity contribution in [2.24, 2.45) is 17.2 Å². The summed E-state index contributed by atoms with van der Waals surface area (Å²) in [5.41, 5.74) is 17.4. The molecule has 35 nitrogen and oxygen atoms in total. The average Bonchev–Trinajstić information content (AvgIpc) is 1.64. The Bertz CT molecular complexity index is 5090. The van der Waals surface area contributed by atoms with E-state index < -0.39 is 102 Å². The molecule has 0 saturated carbocycles. The Kier molecular flexibility index (Phi) is 42.5. The number of aliphatic carboxylic acids is 1. The average molecular weight is 1840 g/mol. The lowest BCUT2D eigenvalue weighted by molar-refractivity contribution is -0.156. The molecule has 3 amide bonds. The van der Waals surface area contributed by atoms with Crippen molar-refractivity contribution >= 4 is 151 Å². The van der Waals surface area contributed by atoms with E-state index in [1.54, 1.807) is 142 Å². The van der Waals surface area contributed by atoms with Crippen LogP contribution in [0.5, 0.6) is 17.2 Å². The van der Waals surface area contributed by atoms with E-state index in [2.05, 4.69) is 0 Å². The number of phenols is 1. The van der Waals surface area contributed by atoms with Crippen LogP contribution in [-0.2, 0) is 117 Å². The SMILES string of the molecule is CC(C)(C)OC(=O)Cn1cc(C(N)=O)c2cc(O)ccc21.CCOP(=O)(CCS(=O)(=O)c1ccc(Cl)cc1)OCC.CCOP(=O)(CO)OCC.CCOP(=O)(COc1ccc2c(c1)c(C(N)=O)cn2CC(=O)O)OCC.CCOP(=O)(COc1ccc2c(c1)c(C(N)=O)cn2CC(=O)OC(C)(C)C)OCC.O=S(=O)(Cl)c1ccc(Cl)cc1. The number of aromatic nitrogens is 3. The number of carboxylic acid groups (broad SMARTS) is 1. The van der Waals surface area contributed by atoms with E-state index in [-0.39, 0.29) is 129 Å². The van der Waals surface area contributed by atoms with E-state index in [0.717, 1.165) is 0 Å². The van der Waals surface area contributed by atoms with Gasteiger partial charge >= 0.3 is 48.3 Å². The molecule has 0 saturated heterocycles. The number of aliphatic hydroxyl groups is 1. The third-order valence-electron chi connectivity index (χ3n) is 14.6. The molecule has 0 atom stereocenters. The summed E-state index contributed by atoms with van der Waals surface area (Å²) in [5.74, 6) is -3.44. The summed E-state index contributed by atoms with van der Waals surface area (Å²) in [7, 11) is -15.4. The van der Waals surface area contributed by atoms with Gasteiger partial charge in [0.25, 0.3) is 26.8 Å². The fraction of sp³-hybridized carbons (Fsp3) is 0.432. The Morgan fingerprint density at radius 1 is 0.441 bits per heavy atom. The number of aliphatic hydroxyl groups excluding tert-OH is 1. The van der Waals surface area contributed by atoms with E-state index >= 15 is 0 Å². The van der Waals surface area contributed by atoms with Gasteiger partial charge in [0.15, 0.2) is 22.5 Å². The smallest absolute Gasteiger partial charge is 0.367 e. The Labute approximate surface area is 699 Å². The molecule has 0 aliphatic carbocycles. The highest BCUT2D eigenvalue weighted by atomic mass is 35.7. The van der Waals surface area contributed by atoms with E-state index in [0.29, 0.717) is 54.3 Å². The van der Waals surface area contributed by atoms with Crippen molar-refractivity contribution in [3.05, 3.63) is 148 Å². The predicted molar refractivity (Wildman–Crippen MR) is 447 cm³/mol. The Balaban J connectivity index is 0.000000379. The molecule has 0 aliphatic heterocycles. The van der Waals surface area contributed by atoms with Gasteiger partial charge in [-0.25, -0.2) is 16.8 Å². The molecule has 44 heteroatoms. The fourth-order valence-electron chi connectivity index (χ4n) is 10.1. The van der Waals surface area contributed by atoms with E-state index in [9.17, 15) is 69.0 Å². The first-order valence-electron chi connectivity index (χ1n) is 36.2. The number of sulfone groups is 1. The molecule has 0 bridgehead atoms. The maximum atomic E-state index is 12.6. The monoisotopic (exact) mass is 1830 g/mol. The zero-order valence-corrected chi connectivity index (χ0v) is 75.1. The number of nitrogens with zero attached hydrogens (tertiary/aromatic N) is 3. The molecule has 0 aliphatic rings. The van der Waals surface area contributed by atoms with Gasteiger partial charge in [0.2, 0.25) is 0 Å². The third-order valence-corrected chi connectivity index (χ3v) is 25.7. The molecule has 8 rings (SSSR count). The highest BCUT2D eigenvalue weighted by Crippen LogP contribution is 2.51. The van der Waals surface area contributed by atoms with Gasteiger partial charge in [0.1, 0.15) is 54.4 Å². The van der Waals surface area contributed by atoms with Crippen LogP contribution in [0.1, 0.15) is 128 Å². The zero-order valence-electron chi connectivity index (χ0n) is 67.6. The lowest BCUT2D eigenvalue weighted by Crippen LogP contribution is -2.26. The van der Waals surface area contributed by atoms with Crippen LogP contribution in [-0.4, -0.2) is 177 Å². The Hall–Kier alpha value is -7.73. The van der Waals surface area contributed by atoms with Gasteiger partial charge in [-0.1, -0.05) is 23.2 Å². The third kappa shape index (κ3) is 35.5. The van der Waals surface area contributed by atoms with Crippen molar-refractivity contribution in [2.75, 3.05) is 83.8 Å². The minimum Gasteiger partial charge on any atom is -0.508 e. The first kappa shape index (κ1) is 104. The van der Waals surface area contributed by atoms with Crippen molar-refractivity contribution in [2.45, 2.75) is 138 Å². The number of ether oxygens (including phenoxy) is 4. The number of hydrogen-bond donors (Lipinski definition) is 6. The zero-order chi connectivity index (χ0) is 89.4. The molecule has 3 heterocycles. The van der Waals surface area contributed by atoms with E-state index in [1.807, 2.05) is 0 Å². The quantitative estimate of drug-likeness (QED) is 0.0120. The standard InChI is InChI=1S/C20H29N2O7P.C16H21N2O7P.C15H18N2O4.C12H18ClO5PS.C6H4Cl2O2S.C5H13O4P/c1-6-27-30(25,28-7-2)13-26-14-8-9-17-15(10-14)16(19(21)24)11-22(17)12-18(23)29-20(3,4)5;1-3-24-26(22,25-4-2)10-23-11-5-6-14-12(7-11)13(16(17)21)8-18(14)9-15(19)20;1-15(2,3)21-13(19)8-17-7-11(14(16)20)10-6-9(18)4-5-12(10)17;1-3-17-19(14,18-4-2)9-10-20(15,16)12-7-5-11(13)6-8-12;7-5-1-3-6(4-2-5)11(8,9)10;1-3-8-10(7,5-6)9-4-2/h8-11H,6-7,12-13H2,1-5H3,(H2,21,24);5-8H,3-4,9-10H2,1-2H3,(H2,17,21)(H,19,20);4-7,18H,8H2,1-3H3,(H2,16,20);5-8H,3-4,9-10H2,1-2H3;1-4H;6H,3-5H2,1-2H3. The van der Waals surface area contributed by atoms with E-state index in [1.165, 1.54) is 89.9 Å². The molecule has 9 N–H and O–H groups in total. The number of esters is 2. The molecule has 8 aromatic rings. The summed E-state index contributed by atoms with van der Waals surface area (Å²) >= 11 is 11.2. The lowest BCUT2D eigenvalue weighted by Gasteiger charge is -2.19. The minimum atomic E-state index is -3.61. The van der Waals surface area contributed by atoms with E-state index in [4.69, 9.17) is 116 Å². The highest BCUT2D eigenvalue weighted by molar-refractivity contribution is 8.13. The van der Waals surface area contributed by atoms with Crippen molar-refractivity contribution in [3.8, 4) is 17.2 Å². The largest absolute Gasteiger partial charge is 0.508 e. The Morgan fingerprint density at radius 2 is 0.746 bits per heavy atom. The number of hydrogen-bond acceptors (Lipinski definition) is 28. The maximum absolute atomic E-state index is 12.6. The molecule has 3 aromatic heterocycles. The van der Waals surface area contributed by atoms with Gasteiger partial charge in [-0.2, -0.15) is 0 Å². The number of nitrogens with two attached hydrogens (primary N) is 3. The van der Waals surface area contributed by atoms with Crippen LogP contribution in [0.3, 0.4) is 0 Å². The predicted octanol–water partition coefficient (Wildman–Crippen LogP) is 14.7. The topological polar surface area (TPSA) is 503 Å². The van der Waals surface area contributed by atoms with Crippen molar-refractivity contribution in [3.63, 3.8) is 0 Å². The van der Waals surface area contributed by atoms with Gasteiger partial charge in [0, 0.05) is 72.0 Å². The van der Waals surface area contributed by atoms with Gasteiger partial charge in [-0.3, -0.25) is 47.0 Å². The summed E-state index contributed by atoms with van der Waals surface area (Å²) in [6.45, 7) is 25.7. The number of aromatic hydroxyl groups is 1. The number of phenolic OH excluding ortho intramolecular Hbond substituents is 1. The fourth-order valence-corrected chi connectivity index (χ4v) is 18.6. The van der Waals surface area contributed by atoms with Crippen molar-refractivity contribution in [1.82, 2.24) is 13.7 Å². The number of fused-ring (bicyclic) bond motifs is 3. The molecule has 0 fully saturated rings. The molecule has 0 radical (unpaired) electrons. The van der Waals surface area contributed by atoms with Crippen molar-refractivity contribution in [1.29, 1.82) is 0 Å². The number of primary amides is 3. The normalized spacial score (nSPS) is 11.9. The summed E-state index contributed by atoms with van der Waals surface area (Å²) < 4.78 is 160. The highest BCUT2D eigenvalue weighted by Gasteiger charge is 2.31. The van der Waals surface area contributed by atoms with Gasteiger partial charge in [-0.05, 0) is 200 Å². The van der Waals surface area contributed by atoms with Gasteiger partial charge in [-0.15, -0.1) is 0 Å². The second kappa shape index (κ2) is 48.1. The van der Waals surface area contributed by atoms with Crippen LogP contribution < -0.4 is 26.7 Å². The Morgan fingerprint density at radius 3 is 1.05 bits per heavy atom. The lowest BCUT2D eigenvalue weighted by atomic mass is 10.1. The molecule has 656 valence electrons. The number of amides is 3. The van der Waals surface area contributed by atoms with Crippen LogP contribution in [0.15, 0.2) is 132 Å². The molecular formula is C74H103Cl3N6O29P4S2. The van der Waals surface area contributed by atoms with Crippen LogP contribution >= 0.6 is 64.3 Å². The number of carbonyl (C=O) groups is 6. The summed E-state index contributed by atoms with van der Waals surface area (Å²) in [6, 6.07) is 25.7. The number of carboxylic acids is 1. The van der Waals surface area contributed by atoms with Crippen LogP contribution in [0, 0.1) is 0 Å². The minimum absolute atomic E-state index is 0.0278. The second-order valence-electron chi connectivity index (χ2n) is 26.1. The molecule has 5 aromatic carbocycles. The van der Waals surface area contributed by atoms with Gasteiger partial charge < -0.3 is 101 Å². The number of rotatable bonds is 37. The molecule has 0 spiro atoms. The molecule has 118 heavy (non-hydrogen) atoms. The van der Waals surface area contributed by atoms with Crippen molar-refractivity contribution < 1.29 is 134 Å². The number of carbonyl (C=O) groups excluding carboxylic acids is 5.